The first-order valence-electron chi connectivity index (χ1n) is 8.29. The third-order valence-electron chi connectivity index (χ3n) is 5.66. The maximum absolute atomic E-state index is 12.5. The van der Waals surface area contributed by atoms with E-state index in [1.54, 1.807) is 0 Å². The summed E-state index contributed by atoms with van der Waals surface area (Å²) in [6.45, 7) is 2.05. The fraction of sp³-hybridized carbons (Fsp3) is 0.812. The second kappa shape index (κ2) is 5.26. The van der Waals surface area contributed by atoms with Crippen LogP contribution in [0.25, 0.3) is 0 Å². The SMILES string of the molecule is CCc1nnc(NC(=O)CC23C[C@@H]4C[C@@H](CC(Br)(C4)C2)C3)s1. The molecule has 1 heterocycles. The number of halogens is 1. The van der Waals surface area contributed by atoms with Crippen LogP contribution in [0.4, 0.5) is 5.13 Å². The third kappa shape index (κ3) is 2.73. The maximum atomic E-state index is 12.5. The predicted molar refractivity (Wildman–Crippen MR) is 91.3 cm³/mol. The first-order chi connectivity index (χ1) is 10.5. The van der Waals surface area contributed by atoms with Crippen molar-refractivity contribution in [2.45, 2.75) is 62.6 Å². The Labute approximate surface area is 143 Å². The molecule has 0 radical (unpaired) electrons. The molecular formula is C16H22BrN3OS. The van der Waals surface area contributed by atoms with Gasteiger partial charge in [0.1, 0.15) is 5.01 Å². The zero-order chi connectivity index (χ0) is 15.4. The van der Waals surface area contributed by atoms with Gasteiger partial charge >= 0.3 is 0 Å². The second-order valence-electron chi connectivity index (χ2n) is 7.69. The molecule has 4 aliphatic carbocycles. The largest absolute Gasteiger partial charge is 0.301 e. The molecule has 1 aromatic rings. The fourth-order valence-corrected chi connectivity index (χ4v) is 7.70. The number of hydrogen-bond donors (Lipinski definition) is 1. The number of carbonyl (C=O) groups excluding carboxylic acids is 1. The number of alkyl halides is 1. The van der Waals surface area contributed by atoms with Gasteiger partial charge < -0.3 is 5.32 Å². The Hall–Kier alpha value is -0.490. The van der Waals surface area contributed by atoms with E-state index < -0.39 is 0 Å². The Bertz CT molecular complexity index is 588. The van der Waals surface area contributed by atoms with E-state index in [-0.39, 0.29) is 11.3 Å². The lowest BCUT2D eigenvalue weighted by Gasteiger charge is -2.60. The molecule has 4 atom stereocenters. The minimum absolute atomic E-state index is 0.122. The Kier molecular flexibility index (Phi) is 3.60. The molecule has 1 amide bonds. The molecule has 4 bridgehead atoms. The van der Waals surface area contributed by atoms with Gasteiger partial charge in [0.2, 0.25) is 11.0 Å². The summed E-state index contributed by atoms with van der Waals surface area (Å²) < 4.78 is 0.315. The van der Waals surface area contributed by atoms with Gasteiger partial charge in [-0.2, -0.15) is 0 Å². The quantitative estimate of drug-likeness (QED) is 0.793. The number of carbonyl (C=O) groups is 1. The molecule has 4 saturated carbocycles. The van der Waals surface area contributed by atoms with Crippen molar-refractivity contribution in [1.82, 2.24) is 10.2 Å². The van der Waals surface area contributed by atoms with Gasteiger partial charge in [0.15, 0.2) is 0 Å². The Morgan fingerprint density at radius 1 is 1.32 bits per heavy atom. The first kappa shape index (κ1) is 15.1. The minimum Gasteiger partial charge on any atom is -0.301 e. The molecule has 5 rings (SSSR count). The van der Waals surface area contributed by atoms with Crippen molar-refractivity contribution in [3.05, 3.63) is 5.01 Å². The van der Waals surface area contributed by atoms with Gasteiger partial charge in [-0.15, -0.1) is 10.2 Å². The van der Waals surface area contributed by atoms with E-state index in [2.05, 4.69) is 38.4 Å². The molecular weight excluding hydrogens is 362 g/mol. The van der Waals surface area contributed by atoms with Crippen LogP contribution in [-0.4, -0.2) is 20.4 Å². The van der Waals surface area contributed by atoms with Crippen LogP contribution in [0.5, 0.6) is 0 Å². The standard InChI is InChI=1S/C16H22BrN3OS/c1-2-13-19-20-14(22-13)18-12(21)8-15-4-10-3-11(5-15)7-16(17,6-10)9-15/h10-11H,2-9H2,1H3,(H,18,20,21)/t10-,11+,15?,16?. The van der Waals surface area contributed by atoms with Gasteiger partial charge in [0, 0.05) is 10.7 Å². The normalized spacial score (nSPS) is 39.2. The van der Waals surface area contributed by atoms with E-state index in [1.165, 1.54) is 43.4 Å². The highest BCUT2D eigenvalue weighted by Crippen LogP contribution is 2.65. The average Bonchev–Trinajstić information content (AvgIpc) is 2.82. The van der Waals surface area contributed by atoms with Gasteiger partial charge in [-0.1, -0.05) is 34.2 Å². The minimum atomic E-state index is 0.122. The molecule has 0 saturated heterocycles. The summed E-state index contributed by atoms with van der Waals surface area (Å²) in [5, 5.41) is 12.7. The highest BCUT2D eigenvalue weighted by atomic mass is 79.9. The van der Waals surface area contributed by atoms with E-state index in [0.717, 1.165) is 29.7 Å². The van der Waals surface area contributed by atoms with E-state index in [4.69, 9.17) is 0 Å². The van der Waals surface area contributed by atoms with Crippen LogP contribution in [0.1, 0.15) is 56.9 Å². The van der Waals surface area contributed by atoms with Crippen LogP contribution in [0, 0.1) is 17.3 Å². The summed E-state index contributed by atoms with van der Waals surface area (Å²) in [6.07, 6.45) is 9.15. The topological polar surface area (TPSA) is 54.9 Å². The fourth-order valence-electron chi connectivity index (χ4n) is 5.49. The summed E-state index contributed by atoms with van der Waals surface area (Å²) in [4.78, 5) is 12.5. The van der Waals surface area contributed by atoms with Crippen molar-refractivity contribution in [2.24, 2.45) is 17.3 Å². The van der Waals surface area contributed by atoms with Crippen LogP contribution in [0.15, 0.2) is 0 Å². The van der Waals surface area contributed by atoms with Gasteiger partial charge in [-0.25, -0.2) is 0 Å². The molecule has 0 spiro atoms. The number of anilines is 1. The number of nitrogens with one attached hydrogen (secondary N) is 1. The first-order valence-corrected chi connectivity index (χ1v) is 9.90. The molecule has 120 valence electrons. The summed E-state index contributed by atoms with van der Waals surface area (Å²) in [5.41, 5.74) is 0.218. The molecule has 0 aromatic carbocycles. The summed E-state index contributed by atoms with van der Waals surface area (Å²) >= 11 is 5.50. The second-order valence-corrected chi connectivity index (χ2v) is 10.4. The van der Waals surface area contributed by atoms with Crippen molar-refractivity contribution < 1.29 is 4.79 Å². The molecule has 6 heteroatoms. The van der Waals surface area contributed by atoms with Gasteiger partial charge in [0.25, 0.3) is 0 Å². The maximum Gasteiger partial charge on any atom is 0.226 e. The zero-order valence-corrected chi connectivity index (χ0v) is 15.3. The van der Waals surface area contributed by atoms with Crippen LogP contribution in [0.2, 0.25) is 0 Å². The molecule has 2 unspecified atom stereocenters. The molecule has 1 N–H and O–H groups in total. The molecule has 1 aromatic heterocycles. The molecule has 4 aliphatic rings. The van der Waals surface area contributed by atoms with Crippen molar-refractivity contribution >= 4 is 38.3 Å². The Balaban J connectivity index is 1.45. The average molecular weight is 384 g/mol. The van der Waals surface area contributed by atoms with Crippen LogP contribution in [0.3, 0.4) is 0 Å². The van der Waals surface area contributed by atoms with Crippen LogP contribution < -0.4 is 5.32 Å². The van der Waals surface area contributed by atoms with Crippen molar-refractivity contribution in [3.63, 3.8) is 0 Å². The van der Waals surface area contributed by atoms with Crippen molar-refractivity contribution in [3.8, 4) is 0 Å². The number of hydrogen-bond acceptors (Lipinski definition) is 4. The van der Waals surface area contributed by atoms with Crippen LogP contribution >= 0.6 is 27.3 Å². The predicted octanol–water partition coefficient (Wildman–Crippen LogP) is 4.16. The summed E-state index contributed by atoms with van der Waals surface area (Å²) in [6, 6.07) is 0. The van der Waals surface area contributed by atoms with Gasteiger partial charge in [0.05, 0.1) is 0 Å². The summed E-state index contributed by atoms with van der Waals surface area (Å²) in [5.74, 6) is 1.76. The van der Waals surface area contributed by atoms with Crippen LogP contribution in [-0.2, 0) is 11.2 Å². The Morgan fingerprint density at radius 3 is 2.64 bits per heavy atom. The third-order valence-corrected chi connectivity index (χ3v) is 7.57. The van der Waals surface area contributed by atoms with Crippen molar-refractivity contribution in [2.75, 3.05) is 5.32 Å². The monoisotopic (exact) mass is 383 g/mol. The number of nitrogens with zero attached hydrogens (tertiary/aromatic N) is 2. The molecule has 22 heavy (non-hydrogen) atoms. The van der Waals surface area contributed by atoms with Gasteiger partial charge in [-0.3, -0.25) is 4.79 Å². The lowest BCUT2D eigenvalue weighted by Crippen LogP contribution is -2.53. The highest BCUT2D eigenvalue weighted by Gasteiger charge is 2.57. The summed E-state index contributed by atoms with van der Waals surface area (Å²) in [7, 11) is 0. The van der Waals surface area contributed by atoms with Crippen molar-refractivity contribution in [1.29, 1.82) is 0 Å². The molecule has 4 nitrogen and oxygen atoms in total. The Morgan fingerprint density at radius 2 is 2.05 bits per heavy atom. The highest BCUT2D eigenvalue weighted by molar-refractivity contribution is 9.10. The number of amides is 1. The molecule has 4 fully saturated rings. The van der Waals surface area contributed by atoms with E-state index in [9.17, 15) is 4.79 Å². The van der Waals surface area contributed by atoms with E-state index in [0.29, 0.717) is 15.9 Å². The molecule has 0 aliphatic heterocycles. The smallest absolute Gasteiger partial charge is 0.226 e. The number of aryl methyl sites for hydroxylation is 1. The van der Waals surface area contributed by atoms with E-state index in [1.807, 2.05) is 0 Å². The number of aromatic nitrogens is 2. The lowest BCUT2D eigenvalue weighted by atomic mass is 9.48. The number of rotatable bonds is 4. The van der Waals surface area contributed by atoms with Gasteiger partial charge in [-0.05, 0) is 62.2 Å². The zero-order valence-electron chi connectivity index (χ0n) is 12.9. The lowest BCUT2D eigenvalue weighted by molar-refractivity contribution is -0.123. The van der Waals surface area contributed by atoms with E-state index >= 15 is 0 Å².